The molecule has 15 heavy (non-hydrogen) atoms. The first kappa shape index (κ1) is 8.13. The average Bonchev–Trinajstić information content (AvgIpc) is 2.55. The van der Waals surface area contributed by atoms with E-state index >= 15 is 0 Å². The Labute approximate surface area is 86.3 Å². The Hall–Kier alpha value is -1.06. The van der Waals surface area contributed by atoms with E-state index in [1.807, 2.05) is 0 Å². The zero-order valence-corrected chi connectivity index (χ0v) is 8.04. The quantitative estimate of drug-likeness (QED) is 0.694. The van der Waals surface area contributed by atoms with Crippen molar-refractivity contribution in [2.24, 2.45) is 47.3 Å². The van der Waals surface area contributed by atoms with Gasteiger partial charge in [0.05, 0.1) is 11.8 Å². The van der Waals surface area contributed by atoms with E-state index in [2.05, 4.69) is 0 Å². The van der Waals surface area contributed by atoms with Gasteiger partial charge in [0.25, 0.3) is 0 Å². The van der Waals surface area contributed by atoms with E-state index < -0.39 is 23.8 Å². The highest BCUT2D eigenvalue weighted by molar-refractivity contribution is 5.82. The van der Waals surface area contributed by atoms with Gasteiger partial charge in [-0.1, -0.05) is 0 Å². The molecular weight excluding hydrogens is 196 g/mol. The van der Waals surface area contributed by atoms with Gasteiger partial charge in [-0.2, -0.15) is 0 Å². The van der Waals surface area contributed by atoms with Crippen LogP contribution in [-0.4, -0.2) is 22.2 Å². The summed E-state index contributed by atoms with van der Waals surface area (Å²) in [5, 5.41) is 18.3. The highest BCUT2D eigenvalue weighted by Crippen LogP contribution is 2.83. The normalized spacial score (nSPS) is 62.1. The lowest BCUT2D eigenvalue weighted by molar-refractivity contribution is -0.156. The third-order valence-corrected chi connectivity index (χ3v) is 5.50. The molecule has 0 aromatic rings. The Morgan fingerprint density at radius 1 is 0.800 bits per heavy atom. The van der Waals surface area contributed by atoms with Crippen molar-refractivity contribution in [2.75, 3.05) is 0 Å². The molecule has 5 saturated carbocycles. The molecule has 5 fully saturated rings. The summed E-state index contributed by atoms with van der Waals surface area (Å²) in [6.07, 6.45) is 1.11. The molecule has 0 amide bonds. The maximum absolute atomic E-state index is 11.2. The van der Waals surface area contributed by atoms with Crippen LogP contribution in [0.3, 0.4) is 0 Å². The number of carboxylic acid groups (broad SMARTS) is 2. The molecule has 0 heterocycles. The van der Waals surface area contributed by atoms with Crippen molar-refractivity contribution in [3.63, 3.8) is 0 Å². The van der Waals surface area contributed by atoms with Crippen LogP contribution >= 0.6 is 0 Å². The fourth-order valence-electron chi connectivity index (χ4n) is 5.41. The summed E-state index contributed by atoms with van der Waals surface area (Å²) in [5.41, 5.74) is 0. The SMILES string of the molecule is O=C(O)[C@@H]1[C@H](C(=O)O)[C@H]2C3CC4[C@H]([C@H]42)[C@H]31. The predicted octanol–water partition coefficient (Wildman–Crippen LogP) is 0.530. The first-order valence-electron chi connectivity index (χ1n) is 5.58. The van der Waals surface area contributed by atoms with Crippen LogP contribution < -0.4 is 0 Å². The summed E-state index contributed by atoms with van der Waals surface area (Å²) in [7, 11) is 0. The summed E-state index contributed by atoms with van der Waals surface area (Å²) in [6.45, 7) is 0. The number of carbonyl (C=O) groups is 2. The van der Waals surface area contributed by atoms with Crippen LogP contribution in [0.5, 0.6) is 0 Å². The molecule has 0 saturated heterocycles. The molecule has 0 spiro atoms. The zero-order chi connectivity index (χ0) is 10.5. The van der Waals surface area contributed by atoms with Crippen molar-refractivity contribution in [2.45, 2.75) is 6.42 Å². The molecule has 4 nitrogen and oxygen atoms in total. The second kappa shape index (κ2) is 2.06. The summed E-state index contributed by atoms with van der Waals surface area (Å²) >= 11 is 0. The van der Waals surface area contributed by atoms with Gasteiger partial charge < -0.3 is 10.2 Å². The monoisotopic (exact) mass is 208 g/mol. The highest BCUT2D eigenvalue weighted by atomic mass is 16.4. The molecule has 0 aromatic heterocycles. The van der Waals surface area contributed by atoms with Crippen molar-refractivity contribution >= 4 is 11.9 Å². The Morgan fingerprint density at radius 3 is 1.53 bits per heavy atom. The van der Waals surface area contributed by atoms with E-state index in [4.69, 9.17) is 10.2 Å². The van der Waals surface area contributed by atoms with Gasteiger partial charge in [0, 0.05) is 0 Å². The Balaban J connectivity index is 1.81. The first-order valence-corrected chi connectivity index (χ1v) is 5.58. The Kier molecular flexibility index (Phi) is 1.12. The second-order valence-electron chi connectivity index (χ2n) is 5.60. The van der Waals surface area contributed by atoms with Crippen LogP contribution in [0.2, 0.25) is 0 Å². The predicted molar refractivity (Wildman–Crippen MR) is 47.8 cm³/mol. The average molecular weight is 208 g/mol. The Morgan fingerprint density at radius 2 is 1.20 bits per heavy atom. The molecule has 0 aliphatic heterocycles. The largest absolute Gasteiger partial charge is 0.481 e. The van der Waals surface area contributed by atoms with Crippen LogP contribution in [0.25, 0.3) is 0 Å². The summed E-state index contributed by atoms with van der Waals surface area (Å²) in [6, 6.07) is 0. The lowest BCUT2D eigenvalue weighted by Gasteiger charge is -2.23. The van der Waals surface area contributed by atoms with E-state index in [0.29, 0.717) is 23.7 Å². The van der Waals surface area contributed by atoms with Crippen molar-refractivity contribution in [1.29, 1.82) is 0 Å². The number of aliphatic carboxylic acids is 2. The van der Waals surface area contributed by atoms with Crippen LogP contribution in [0.15, 0.2) is 0 Å². The topological polar surface area (TPSA) is 74.6 Å². The van der Waals surface area contributed by atoms with Crippen LogP contribution in [-0.2, 0) is 9.59 Å². The molecule has 5 rings (SSSR count). The molecule has 6 bridgehead atoms. The van der Waals surface area contributed by atoms with Crippen molar-refractivity contribution in [3.05, 3.63) is 0 Å². The molecule has 4 heteroatoms. The summed E-state index contributed by atoms with van der Waals surface area (Å²) < 4.78 is 0. The third-order valence-electron chi connectivity index (χ3n) is 5.50. The van der Waals surface area contributed by atoms with Gasteiger partial charge in [-0.25, -0.2) is 0 Å². The summed E-state index contributed by atoms with van der Waals surface area (Å²) in [5.74, 6) is -0.279. The van der Waals surface area contributed by atoms with E-state index in [0.717, 1.165) is 6.42 Å². The minimum Gasteiger partial charge on any atom is -0.481 e. The standard InChI is InChI=1S/C11H12O4/c12-10(13)8-6-3-1-2-4(6)5(2)7(3)9(8)11(14)15/h2-9H,1H2,(H,12,13)(H,14,15)/t2?,3?,4-,5+,6-,7-,8+,9-/m0/s1. The smallest absolute Gasteiger partial charge is 0.307 e. The molecule has 5 aliphatic rings. The fraction of sp³-hybridized carbons (Fsp3) is 0.818. The van der Waals surface area contributed by atoms with Gasteiger partial charge in [-0.15, -0.1) is 0 Å². The molecule has 0 aromatic carbocycles. The van der Waals surface area contributed by atoms with Crippen molar-refractivity contribution in [3.8, 4) is 0 Å². The van der Waals surface area contributed by atoms with E-state index in [9.17, 15) is 9.59 Å². The number of carboxylic acids is 2. The van der Waals surface area contributed by atoms with Gasteiger partial charge in [0.1, 0.15) is 0 Å². The lowest BCUT2D eigenvalue weighted by atomic mass is 9.79. The zero-order valence-electron chi connectivity index (χ0n) is 8.04. The summed E-state index contributed by atoms with van der Waals surface area (Å²) in [4.78, 5) is 22.3. The molecule has 2 unspecified atom stereocenters. The van der Waals surface area contributed by atoms with E-state index in [-0.39, 0.29) is 11.8 Å². The van der Waals surface area contributed by atoms with Crippen LogP contribution in [0.1, 0.15) is 6.42 Å². The first-order chi connectivity index (χ1) is 7.13. The molecule has 80 valence electrons. The van der Waals surface area contributed by atoms with Crippen molar-refractivity contribution in [1.82, 2.24) is 0 Å². The molecule has 2 N–H and O–H groups in total. The Bertz CT molecular complexity index is 356. The molecule has 8 atom stereocenters. The maximum Gasteiger partial charge on any atom is 0.307 e. The lowest BCUT2D eigenvalue weighted by Crippen LogP contribution is -2.35. The number of hydrogen-bond donors (Lipinski definition) is 2. The van der Waals surface area contributed by atoms with Crippen molar-refractivity contribution < 1.29 is 19.8 Å². The number of rotatable bonds is 2. The third kappa shape index (κ3) is 0.647. The van der Waals surface area contributed by atoms with E-state index in [1.165, 1.54) is 0 Å². The second-order valence-corrected chi connectivity index (χ2v) is 5.60. The van der Waals surface area contributed by atoms with Crippen LogP contribution in [0.4, 0.5) is 0 Å². The van der Waals surface area contributed by atoms with Gasteiger partial charge >= 0.3 is 11.9 Å². The molecular formula is C11H12O4. The van der Waals surface area contributed by atoms with Gasteiger partial charge in [0.2, 0.25) is 0 Å². The van der Waals surface area contributed by atoms with Gasteiger partial charge in [-0.05, 0) is 41.9 Å². The van der Waals surface area contributed by atoms with Gasteiger partial charge in [-0.3, -0.25) is 9.59 Å². The van der Waals surface area contributed by atoms with Gasteiger partial charge in [0.15, 0.2) is 0 Å². The highest BCUT2D eigenvalue weighted by Gasteiger charge is 2.82. The maximum atomic E-state index is 11.2. The van der Waals surface area contributed by atoms with E-state index in [1.54, 1.807) is 0 Å². The molecule has 0 radical (unpaired) electrons. The van der Waals surface area contributed by atoms with Crippen LogP contribution in [0, 0.1) is 47.3 Å². The molecule has 5 aliphatic carbocycles. The fourth-order valence-corrected chi connectivity index (χ4v) is 5.41. The number of hydrogen-bond acceptors (Lipinski definition) is 2. The minimum absolute atomic E-state index is 0.198. The minimum atomic E-state index is -0.883.